The number of nitrogens with zero attached hydrogens (tertiary/aromatic N) is 1. The molecule has 0 aliphatic carbocycles. The van der Waals surface area contributed by atoms with Crippen molar-refractivity contribution >= 4 is 29.9 Å². The van der Waals surface area contributed by atoms with Crippen molar-refractivity contribution in [3.63, 3.8) is 0 Å². The highest BCUT2D eigenvalue weighted by Gasteiger charge is 2.36. The molecule has 0 aromatic heterocycles. The number of hydrogen-bond acceptors (Lipinski definition) is 3. The van der Waals surface area contributed by atoms with Crippen LogP contribution < -0.4 is 10.5 Å². The van der Waals surface area contributed by atoms with Crippen LogP contribution in [0.1, 0.15) is 27.2 Å². The fraction of sp³-hybridized carbons (Fsp3) is 0.562. The highest BCUT2D eigenvalue weighted by Crippen LogP contribution is 2.29. The third kappa shape index (κ3) is 4.28. The third-order valence-electron chi connectivity index (χ3n) is 4.11. The summed E-state index contributed by atoms with van der Waals surface area (Å²) >= 11 is 6.06. The number of para-hydroxylation sites is 1. The van der Waals surface area contributed by atoms with Crippen molar-refractivity contribution in [1.29, 1.82) is 0 Å². The summed E-state index contributed by atoms with van der Waals surface area (Å²) in [6, 6.07) is 7.30. The Morgan fingerprint density at radius 1 is 1.45 bits per heavy atom. The van der Waals surface area contributed by atoms with Gasteiger partial charge in [0.15, 0.2) is 6.10 Å². The van der Waals surface area contributed by atoms with Crippen molar-refractivity contribution in [2.45, 2.75) is 39.3 Å². The van der Waals surface area contributed by atoms with Crippen LogP contribution in [0.25, 0.3) is 0 Å². The first kappa shape index (κ1) is 19.1. The molecule has 1 heterocycles. The quantitative estimate of drug-likeness (QED) is 0.914. The summed E-state index contributed by atoms with van der Waals surface area (Å²) in [5.74, 6) is 0.517. The molecular formula is C16H24Cl2N2O2. The van der Waals surface area contributed by atoms with Gasteiger partial charge in [-0.25, -0.2) is 0 Å². The lowest BCUT2D eigenvalue weighted by Crippen LogP contribution is -2.56. The van der Waals surface area contributed by atoms with Gasteiger partial charge in [-0.1, -0.05) is 37.6 Å². The highest BCUT2D eigenvalue weighted by molar-refractivity contribution is 6.32. The Morgan fingerprint density at radius 2 is 2.09 bits per heavy atom. The fourth-order valence-electron chi connectivity index (χ4n) is 2.60. The lowest BCUT2D eigenvalue weighted by molar-refractivity contribution is -0.141. The Labute approximate surface area is 143 Å². The molecule has 22 heavy (non-hydrogen) atoms. The topological polar surface area (TPSA) is 55.6 Å². The second-order valence-electron chi connectivity index (χ2n) is 6.33. The normalized spacial score (nSPS) is 21.7. The molecule has 1 saturated heterocycles. The first-order valence-corrected chi connectivity index (χ1v) is 7.64. The van der Waals surface area contributed by atoms with Gasteiger partial charge < -0.3 is 15.4 Å². The molecule has 0 spiro atoms. The number of halogens is 2. The summed E-state index contributed by atoms with van der Waals surface area (Å²) in [4.78, 5) is 14.4. The van der Waals surface area contributed by atoms with E-state index in [-0.39, 0.29) is 29.8 Å². The zero-order chi connectivity index (χ0) is 15.6. The van der Waals surface area contributed by atoms with Gasteiger partial charge in [0.2, 0.25) is 0 Å². The first-order valence-electron chi connectivity index (χ1n) is 7.27. The molecule has 124 valence electrons. The van der Waals surface area contributed by atoms with E-state index >= 15 is 0 Å². The molecule has 2 rings (SSSR count). The minimum Gasteiger partial charge on any atom is -0.479 e. The number of amides is 1. The number of hydrogen-bond donors (Lipinski definition) is 1. The van der Waals surface area contributed by atoms with Crippen LogP contribution in [0.3, 0.4) is 0 Å². The average molecular weight is 347 g/mol. The lowest BCUT2D eigenvalue weighted by Gasteiger charge is -2.43. The molecule has 2 N–H and O–H groups in total. The monoisotopic (exact) mass is 346 g/mol. The first-order chi connectivity index (χ1) is 9.81. The molecule has 4 nitrogen and oxygen atoms in total. The maximum Gasteiger partial charge on any atom is 0.263 e. The molecular weight excluding hydrogens is 323 g/mol. The van der Waals surface area contributed by atoms with Crippen LogP contribution in [0.2, 0.25) is 5.02 Å². The van der Waals surface area contributed by atoms with E-state index in [1.54, 1.807) is 19.1 Å². The lowest BCUT2D eigenvalue weighted by atomic mass is 9.79. The predicted octanol–water partition coefficient (Wildman–Crippen LogP) is 3.11. The van der Waals surface area contributed by atoms with Gasteiger partial charge in [0.25, 0.3) is 5.91 Å². The number of likely N-dealkylation sites (tertiary alicyclic amines) is 1. The van der Waals surface area contributed by atoms with Crippen LogP contribution in [-0.4, -0.2) is 36.0 Å². The van der Waals surface area contributed by atoms with Gasteiger partial charge in [-0.2, -0.15) is 0 Å². The summed E-state index contributed by atoms with van der Waals surface area (Å²) in [6.07, 6.45) is 0.257. The maximum atomic E-state index is 12.5. The predicted molar refractivity (Wildman–Crippen MR) is 91.7 cm³/mol. The Hall–Kier alpha value is -0.970. The van der Waals surface area contributed by atoms with E-state index in [1.807, 2.05) is 17.0 Å². The van der Waals surface area contributed by atoms with Gasteiger partial charge in [-0.15, -0.1) is 12.4 Å². The van der Waals surface area contributed by atoms with E-state index in [0.29, 0.717) is 23.9 Å². The van der Waals surface area contributed by atoms with E-state index in [1.165, 1.54) is 0 Å². The Kier molecular flexibility index (Phi) is 6.53. The van der Waals surface area contributed by atoms with Gasteiger partial charge in [0.05, 0.1) is 5.02 Å². The molecule has 2 unspecified atom stereocenters. The standard InChI is InChI=1S/C16H23ClN2O2.ClH/c1-11(21-13-7-5-4-6-12(13)17)15(20)19-9-8-14(18)16(2,3)10-19;/h4-7,11,14H,8-10,18H2,1-3H3;1H. The fourth-order valence-corrected chi connectivity index (χ4v) is 2.78. The molecule has 1 amide bonds. The van der Waals surface area contributed by atoms with Gasteiger partial charge >= 0.3 is 0 Å². The van der Waals surface area contributed by atoms with Crippen molar-refractivity contribution in [2.24, 2.45) is 11.1 Å². The van der Waals surface area contributed by atoms with Gasteiger partial charge in [-0.05, 0) is 30.9 Å². The summed E-state index contributed by atoms with van der Waals surface area (Å²) < 4.78 is 5.70. The van der Waals surface area contributed by atoms with Crippen LogP contribution in [0.15, 0.2) is 24.3 Å². The molecule has 1 aromatic rings. The molecule has 1 fully saturated rings. The van der Waals surface area contributed by atoms with Crippen LogP contribution in [0, 0.1) is 5.41 Å². The average Bonchev–Trinajstić information content (AvgIpc) is 2.43. The number of benzene rings is 1. The van der Waals surface area contributed by atoms with Crippen molar-refractivity contribution in [2.75, 3.05) is 13.1 Å². The molecule has 0 saturated carbocycles. The third-order valence-corrected chi connectivity index (χ3v) is 4.42. The largest absolute Gasteiger partial charge is 0.479 e. The zero-order valence-corrected chi connectivity index (χ0v) is 14.8. The maximum absolute atomic E-state index is 12.5. The number of nitrogens with two attached hydrogens (primary N) is 1. The summed E-state index contributed by atoms with van der Waals surface area (Å²) in [5.41, 5.74) is 6.04. The molecule has 0 radical (unpaired) electrons. The highest BCUT2D eigenvalue weighted by atomic mass is 35.5. The minimum atomic E-state index is -0.560. The number of piperidine rings is 1. The van der Waals surface area contributed by atoms with Crippen molar-refractivity contribution in [3.05, 3.63) is 29.3 Å². The molecule has 6 heteroatoms. The van der Waals surface area contributed by atoms with E-state index in [4.69, 9.17) is 22.1 Å². The summed E-state index contributed by atoms with van der Waals surface area (Å²) in [5, 5.41) is 0.512. The summed E-state index contributed by atoms with van der Waals surface area (Å²) in [7, 11) is 0. The zero-order valence-electron chi connectivity index (χ0n) is 13.2. The van der Waals surface area contributed by atoms with Gasteiger partial charge in [-0.3, -0.25) is 4.79 Å². The van der Waals surface area contributed by atoms with Crippen molar-refractivity contribution in [3.8, 4) is 5.75 Å². The van der Waals surface area contributed by atoms with Crippen LogP contribution in [-0.2, 0) is 4.79 Å². The Bertz CT molecular complexity index is 523. The second kappa shape index (κ2) is 7.53. The number of carbonyl (C=O) groups is 1. The van der Waals surface area contributed by atoms with Crippen LogP contribution >= 0.6 is 24.0 Å². The molecule has 1 aliphatic heterocycles. The molecule has 1 aliphatic rings. The van der Waals surface area contributed by atoms with Crippen molar-refractivity contribution < 1.29 is 9.53 Å². The Balaban J connectivity index is 0.00000242. The van der Waals surface area contributed by atoms with Crippen molar-refractivity contribution in [1.82, 2.24) is 4.90 Å². The SMILES string of the molecule is CC(Oc1ccccc1Cl)C(=O)N1CCC(N)C(C)(C)C1.Cl. The molecule has 2 atom stereocenters. The molecule has 0 bridgehead atoms. The second-order valence-corrected chi connectivity index (χ2v) is 6.74. The van der Waals surface area contributed by atoms with E-state index < -0.39 is 6.10 Å². The minimum absolute atomic E-state index is 0. The van der Waals surface area contributed by atoms with Gasteiger partial charge in [0, 0.05) is 19.1 Å². The van der Waals surface area contributed by atoms with E-state index in [0.717, 1.165) is 6.42 Å². The smallest absolute Gasteiger partial charge is 0.263 e. The Morgan fingerprint density at radius 3 is 2.68 bits per heavy atom. The van der Waals surface area contributed by atoms with E-state index in [9.17, 15) is 4.79 Å². The van der Waals surface area contributed by atoms with Gasteiger partial charge in [0.1, 0.15) is 5.75 Å². The van der Waals surface area contributed by atoms with Crippen LogP contribution in [0.5, 0.6) is 5.75 Å². The van der Waals surface area contributed by atoms with Crippen LogP contribution in [0.4, 0.5) is 0 Å². The number of ether oxygens (including phenoxy) is 1. The number of carbonyl (C=O) groups excluding carboxylic acids is 1. The summed E-state index contributed by atoms with van der Waals surface area (Å²) in [6.45, 7) is 7.28. The number of rotatable bonds is 3. The van der Waals surface area contributed by atoms with E-state index in [2.05, 4.69) is 13.8 Å². The molecule has 1 aromatic carbocycles.